The summed E-state index contributed by atoms with van der Waals surface area (Å²) in [4.78, 5) is -0.618. The Bertz CT molecular complexity index is 912. The third-order valence-electron chi connectivity index (χ3n) is 3.27. The van der Waals surface area contributed by atoms with Crippen molar-refractivity contribution in [3.63, 3.8) is 0 Å². The van der Waals surface area contributed by atoms with E-state index in [1.54, 1.807) is 24.3 Å². The molecular formula is C17H14NO5S-. The van der Waals surface area contributed by atoms with Crippen LogP contribution in [0.15, 0.2) is 47.4 Å². The predicted molar refractivity (Wildman–Crippen MR) is 87.4 cm³/mol. The first-order chi connectivity index (χ1) is 11.4. The molecule has 0 atom stereocenters. The fraction of sp³-hybridized carbons (Fsp3) is 0.118. The van der Waals surface area contributed by atoms with E-state index >= 15 is 0 Å². The molecule has 0 saturated carbocycles. The highest BCUT2D eigenvalue weighted by Gasteiger charge is 2.22. The summed E-state index contributed by atoms with van der Waals surface area (Å²) in [6.07, 6.45) is 1.50. The smallest absolute Gasteiger partial charge is 0.178 e. The molecule has 7 heteroatoms. The molecule has 0 radical (unpaired) electrons. The number of benzene rings is 2. The zero-order chi connectivity index (χ0) is 17.7. The van der Waals surface area contributed by atoms with Gasteiger partial charge in [0.25, 0.3) is 0 Å². The maximum absolute atomic E-state index is 11.7. The molecule has 0 bridgehead atoms. The van der Waals surface area contributed by atoms with Crippen LogP contribution in [0.25, 0.3) is 11.6 Å². The summed E-state index contributed by atoms with van der Waals surface area (Å²) in [6.45, 7) is 0. The highest BCUT2D eigenvalue weighted by Crippen LogP contribution is 2.39. The minimum absolute atomic E-state index is 0.0246. The lowest BCUT2D eigenvalue weighted by Crippen LogP contribution is -2.07. The molecule has 0 N–H and O–H groups in total. The molecule has 0 spiro atoms. The fourth-order valence-corrected chi connectivity index (χ4v) is 3.10. The Morgan fingerprint density at radius 2 is 1.79 bits per heavy atom. The van der Waals surface area contributed by atoms with Gasteiger partial charge in [0.2, 0.25) is 0 Å². The molecule has 0 aliphatic carbocycles. The average Bonchev–Trinajstić information content (AvgIpc) is 2.58. The average molecular weight is 344 g/mol. The van der Waals surface area contributed by atoms with Crippen molar-refractivity contribution >= 4 is 21.8 Å². The lowest BCUT2D eigenvalue weighted by atomic mass is 10.0. The van der Waals surface area contributed by atoms with Crippen LogP contribution in [-0.4, -0.2) is 27.2 Å². The van der Waals surface area contributed by atoms with E-state index in [4.69, 9.17) is 9.47 Å². The Morgan fingerprint density at radius 3 is 2.29 bits per heavy atom. The van der Waals surface area contributed by atoms with E-state index in [1.165, 1.54) is 32.4 Å². The maximum Gasteiger partial charge on any atom is 0.178 e. The number of ether oxygens (including phenoxy) is 2. The maximum atomic E-state index is 11.7. The minimum atomic E-state index is -4.90. The zero-order valence-electron chi connectivity index (χ0n) is 13.0. The molecule has 2 aromatic carbocycles. The summed E-state index contributed by atoms with van der Waals surface area (Å²) in [5.74, 6) is -0.133. The van der Waals surface area contributed by atoms with Crippen LogP contribution in [0.2, 0.25) is 0 Å². The molecule has 0 aromatic heterocycles. The number of hydrogen-bond acceptors (Lipinski definition) is 6. The van der Waals surface area contributed by atoms with Gasteiger partial charge in [-0.15, -0.1) is 0 Å². The molecular weight excluding hydrogens is 330 g/mol. The van der Waals surface area contributed by atoms with Crippen molar-refractivity contribution in [1.29, 1.82) is 5.26 Å². The van der Waals surface area contributed by atoms with Crippen LogP contribution in [0.1, 0.15) is 11.1 Å². The first-order valence-corrected chi connectivity index (χ1v) is 8.21. The van der Waals surface area contributed by atoms with Crippen molar-refractivity contribution in [2.24, 2.45) is 0 Å². The van der Waals surface area contributed by atoms with E-state index in [9.17, 15) is 18.2 Å². The Balaban J connectivity index is 2.78. The predicted octanol–water partition coefficient (Wildman–Crippen LogP) is 2.67. The summed E-state index contributed by atoms with van der Waals surface area (Å²) < 4.78 is 45.3. The molecule has 0 aliphatic heterocycles. The number of hydrogen-bond donors (Lipinski definition) is 0. The van der Waals surface area contributed by atoms with Crippen LogP contribution < -0.4 is 9.47 Å². The van der Waals surface area contributed by atoms with Gasteiger partial charge in [-0.05, 0) is 23.8 Å². The topological polar surface area (TPSA) is 99.5 Å². The number of rotatable bonds is 5. The number of allylic oxidation sites excluding steroid dienone is 1. The van der Waals surface area contributed by atoms with Crippen LogP contribution in [0.3, 0.4) is 0 Å². The van der Waals surface area contributed by atoms with Crippen molar-refractivity contribution < 1.29 is 22.4 Å². The number of methoxy groups -OCH3 is 2. The van der Waals surface area contributed by atoms with Crippen molar-refractivity contribution in [1.82, 2.24) is 0 Å². The van der Waals surface area contributed by atoms with Gasteiger partial charge in [0.15, 0.2) is 11.5 Å². The quantitative estimate of drug-likeness (QED) is 0.470. The van der Waals surface area contributed by atoms with Crippen molar-refractivity contribution in [2.45, 2.75) is 4.90 Å². The van der Waals surface area contributed by atoms with E-state index in [0.717, 1.165) is 0 Å². The molecule has 24 heavy (non-hydrogen) atoms. The molecule has 124 valence electrons. The molecule has 0 heterocycles. The molecule has 0 saturated heterocycles. The summed E-state index contributed by atoms with van der Waals surface area (Å²) in [6, 6.07) is 13.6. The Hall–Kier alpha value is -2.82. The lowest BCUT2D eigenvalue weighted by Gasteiger charge is -2.18. The van der Waals surface area contributed by atoms with E-state index in [0.29, 0.717) is 5.56 Å². The standard InChI is InChI=1S/C17H15NO5S/c1-22-15-9-8-14(17(16(15)23-2)24(19,20)21)13(11-18)10-12-6-4-3-5-7-12/h3-10H,1-2H3,(H,19,20,21)/p-1/b13-10-. The first kappa shape index (κ1) is 17.5. The van der Waals surface area contributed by atoms with E-state index in [2.05, 4.69) is 0 Å². The van der Waals surface area contributed by atoms with Gasteiger partial charge in [0.1, 0.15) is 15.0 Å². The van der Waals surface area contributed by atoms with Crippen LogP contribution in [-0.2, 0) is 10.1 Å². The molecule has 0 fully saturated rings. The number of nitriles is 1. The first-order valence-electron chi connectivity index (χ1n) is 6.80. The summed E-state index contributed by atoms with van der Waals surface area (Å²) in [5, 5.41) is 9.43. The third kappa shape index (κ3) is 3.56. The highest BCUT2D eigenvalue weighted by molar-refractivity contribution is 7.86. The van der Waals surface area contributed by atoms with Crippen LogP contribution in [0, 0.1) is 11.3 Å². The second-order valence-corrected chi connectivity index (χ2v) is 6.03. The molecule has 6 nitrogen and oxygen atoms in total. The Labute approximate surface area is 140 Å². The Kier molecular flexibility index (Phi) is 5.24. The van der Waals surface area contributed by atoms with E-state index < -0.39 is 15.0 Å². The largest absolute Gasteiger partial charge is 0.744 e. The summed E-state index contributed by atoms with van der Waals surface area (Å²) in [7, 11) is -2.35. The van der Waals surface area contributed by atoms with Crippen LogP contribution >= 0.6 is 0 Å². The number of nitrogens with zero attached hydrogens (tertiary/aromatic N) is 1. The highest BCUT2D eigenvalue weighted by atomic mass is 32.2. The summed E-state index contributed by atoms with van der Waals surface area (Å²) in [5.41, 5.74) is 0.684. The zero-order valence-corrected chi connectivity index (χ0v) is 13.8. The normalized spacial score (nSPS) is 11.7. The van der Waals surface area contributed by atoms with E-state index in [-0.39, 0.29) is 22.6 Å². The van der Waals surface area contributed by atoms with Gasteiger partial charge in [0, 0.05) is 5.56 Å². The minimum Gasteiger partial charge on any atom is -0.744 e. The van der Waals surface area contributed by atoms with Gasteiger partial charge in [-0.2, -0.15) is 5.26 Å². The molecule has 2 aromatic rings. The van der Waals surface area contributed by atoms with Crippen LogP contribution in [0.4, 0.5) is 0 Å². The fourth-order valence-electron chi connectivity index (χ4n) is 2.25. The molecule has 0 amide bonds. The van der Waals surface area contributed by atoms with Crippen molar-refractivity contribution in [3.8, 4) is 17.6 Å². The van der Waals surface area contributed by atoms with Gasteiger partial charge in [0.05, 0.1) is 25.9 Å². The van der Waals surface area contributed by atoms with Gasteiger partial charge in [-0.3, -0.25) is 0 Å². The van der Waals surface area contributed by atoms with Crippen LogP contribution in [0.5, 0.6) is 11.5 Å². The van der Waals surface area contributed by atoms with Gasteiger partial charge < -0.3 is 14.0 Å². The molecule has 0 unspecified atom stereocenters. The van der Waals surface area contributed by atoms with E-state index in [1.807, 2.05) is 12.1 Å². The molecule has 0 aliphatic rings. The Morgan fingerprint density at radius 1 is 1.12 bits per heavy atom. The third-order valence-corrected chi connectivity index (χ3v) is 4.18. The lowest BCUT2D eigenvalue weighted by molar-refractivity contribution is 0.344. The second kappa shape index (κ2) is 7.17. The van der Waals surface area contributed by atoms with Gasteiger partial charge in [-0.1, -0.05) is 30.3 Å². The van der Waals surface area contributed by atoms with Gasteiger partial charge in [-0.25, -0.2) is 8.42 Å². The molecule has 2 rings (SSSR count). The van der Waals surface area contributed by atoms with Crippen molar-refractivity contribution in [2.75, 3.05) is 14.2 Å². The summed E-state index contributed by atoms with van der Waals surface area (Å²) >= 11 is 0. The monoisotopic (exact) mass is 344 g/mol. The van der Waals surface area contributed by atoms with Gasteiger partial charge >= 0.3 is 0 Å². The second-order valence-electron chi connectivity index (χ2n) is 4.71. The van der Waals surface area contributed by atoms with Crippen molar-refractivity contribution in [3.05, 3.63) is 53.6 Å². The SMILES string of the molecule is COc1ccc(/C(C#N)=C\c2ccccc2)c(S(=O)(=O)[O-])c1OC.